The number of guanidine groups is 1. The number of halogens is 1. The molecule has 10 nitrogen and oxygen atoms in total. The van der Waals surface area contributed by atoms with Crippen molar-refractivity contribution >= 4 is 23.7 Å². The molecule has 4 N–H and O–H groups in total. The molecule has 2 aliphatic rings. The third-order valence-corrected chi connectivity index (χ3v) is 5.78. The number of hydrogen-bond acceptors (Lipinski definition) is 6. The molecule has 2 fully saturated rings. The van der Waals surface area contributed by atoms with E-state index in [9.17, 15) is 18.8 Å². The van der Waals surface area contributed by atoms with Crippen LogP contribution in [0.2, 0.25) is 0 Å². The fourth-order valence-electron chi connectivity index (χ4n) is 4.09. The van der Waals surface area contributed by atoms with Crippen LogP contribution in [0.1, 0.15) is 24.0 Å². The summed E-state index contributed by atoms with van der Waals surface area (Å²) in [7, 11) is 0. The summed E-state index contributed by atoms with van der Waals surface area (Å²) in [6.45, 7) is 0.297. The number of fused-ring (bicyclic) bond motifs is 1. The fourth-order valence-corrected chi connectivity index (χ4v) is 4.09. The van der Waals surface area contributed by atoms with Crippen LogP contribution in [0.5, 0.6) is 0 Å². The number of benzene rings is 2. The molecule has 4 rings (SSSR count). The lowest BCUT2D eigenvalue weighted by Crippen LogP contribution is -2.65. The second kappa shape index (κ2) is 10.5. The van der Waals surface area contributed by atoms with Gasteiger partial charge >= 0.3 is 5.97 Å². The number of amides is 2. The molecule has 2 aromatic carbocycles. The molecule has 2 amide bonds. The van der Waals surface area contributed by atoms with Gasteiger partial charge in [-0.25, -0.2) is 9.18 Å². The molecular weight excluding hydrogens is 457 g/mol. The number of carbonyl (C=O) groups is 3. The van der Waals surface area contributed by atoms with Crippen LogP contribution in [0.15, 0.2) is 59.6 Å². The predicted octanol–water partition coefficient (Wildman–Crippen LogP) is 0.845. The minimum atomic E-state index is -1.39. The Morgan fingerprint density at radius 1 is 1.00 bits per heavy atom. The average Bonchev–Trinajstić information content (AvgIpc) is 3.18. The largest absolute Gasteiger partial charge is 0.430 e. The van der Waals surface area contributed by atoms with Gasteiger partial charge in [0.25, 0.3) is 18.0 Å². The lowest BCUT2D eigenvalue weighted by Gasteiger charge is -2.41. The number of nitrogens with zero attached hydrogens (tertiary/aromatic N) is 3. The van der Waals surface area contributed by atoms with Crippen molar-refractivity contribution in [1.29, 1.82) is 0 Å². The topological polar surface area (TPSA) is 141 Å². The first kappa shape index (κ1) is 24.1. The molecular formula is C24H26FN5O5. The molecule has 3 unspecified atom stereocenters. The highest BCUT2D eigenvalue weighted by atomic mass is 19.1. The van der Waals surface area contributed by atoms with Gasteiger partial charge < -0.3 is 20.9 Å². The van der Waals surface area contributed by atoms with Gasteiger partial charge in [0.15, 0.2) is 5.96 Å². The van der Waals surface area contributed by atoms with Crippen LogP contribution in [-0.4, -0.2) is 58.6 Å². The Morgan fingerprint density at radius 3 is 2.40 bits per heavy atom. The summed E-state index contributed by atoms with van der Waals surface area (Å²) in [6, 6.07) is 13.8. The molecule has 0 radical (unpaired) electrons. The van der Waals surface area contributed by atoms with E-state index in [2.05, 4.69) is 4.99 Å². The van der Waals surface area contributed by atoms with Crippen molar-refractivity contribution in [3.05, 3.63) is 71.5 Å². The van der Waals surface area contributed by atoms with E-state index in [1.165, 1.54) is 29.2 Å². The van der Waals surface area contributed by atoms with E-state index in [4.69, 9.17) is 20.9 Å². The maximum atomic E-state index is 13.6. The van der Waals surface area contributed by atoms with Crippen molar-refractivity contribution in [2.75, 3.05) is 6.54 Å². The molecule has 3 atom stereocenters. The van der Waals surface area contributed by atoms with Crippen LogP contribution in [-0.2, 0) is 37.0 Å². The molecule has 0 saturated carbocycles. The molecule has 2 heterocycles. The number of piperazine rings is 1. The quantitative estimate of drug-likeness (QED) is 0.233. The maximum Gasteiger partial charge on any atom is 0.331 e. The van der Waals surface area contributed by atoms with E-state index in [-0.39, 0.29) is 32.1 Å². The number of carbonyl (C=O) groups excluding carboxylic acids is 3. The Bertz CT molecular complexity index is 1110. The van der Waals surface area contributed by atoms with Crippen LogP contribution < -0.4 is 11.5 Å². The van der Waals surface area contributed by atoms with E-state index in [0.717, 1.165) is 10.5 Å². The summed E-state index contributed by atoms with van der Waals surface area (Å²) in [5.41, 5.74) is 12.1. The molecule has 2 aromatic rings. The van der Waals surface area contributed by atoms with Crippen LogP contribution in [0.4, 0.5) is 4.39 Å². The minimum Gasteiger partial charge on any atom is -0.430 e. The van der Waals surface area contributed by atoms with Crippen LogP contribution in [0.3, 0.4) is 0 Å². The molecule has 35 heavy (non-hydrogen) atoms. The van der Waals surface area contributed by atoms with Crippen molar-refractivity contribution < 1.29 is 28.2 Å². The zero-order valence-electron chi connectivity index (χ0n) is 18.9. The van der Waals surface area contributed by atoms with E-state index in [1.54, 1.807) is 0 Å². The molecule has 0 spiro atoms. The summed E-state index contributed by atoms with van der Waals surface area (Å²) in [4.78, 5) is 45.8. The van der Waals surface area contributed by atoms with Gasteiger partial charge in [0.1, 0.15) is 11.9 Å². The highest BCUT2D eigenvalue weighted by Gasteiger charge is 2.56. The second-order valence-electron chi connectivity index (χ2n) is 8.24. The van der Waals surface area contributed by atoms with Gasteiger partial charge in [0.2, 0.25) is 6.23 Å². The lowest BCUT2D eigenvalue weighted by molar-refractivity contribution is -0.196. The number of ether oxygens (including phenoxy) is 2. The highest BCUT2D eigenvalue weighted by molar-refractivity contribution is 6.01. The average molecular weight is 484 g/mol. The second-order valence-corrected chi connectivity index (χ2v) is 8.24. The van der Waals surface area contributed by atoms with E-state index in [0.29, 0.717) is 12.0 Å². The number of hydrogen-bond donors (Lipinski definition) is 2. The van der Waals surface area contributed by atoms with E-state index < -0.39 is 42.1 Å². The summed E-state index contributed by atoms with van der Waals surface area (Å²) in [5.74, 6) is -2.33. The SMILES string of the molecule is NC(N)=NCCCC1C(=O)OC2C(=O)N(Cc3ccc(F)cc3)C(OCc3ccccc3)C(=O)N12. The van der Waals surface area contributed by atoms with Gasteiger partial charge in [0, 0.05) is 13.1 Å². The standard InChI is InChI=1S/C24H26FN5O5/c25-17-10-8-15(9-11-17)13-29-19(31)22-30(18(23(33)35-22)7-4-12-28-24(26)27)20(32)21(29)34-14-16-5-2-1-3-6-16/h1-3,5-6,8-11,18,21-22H,4,7,12-14H2,(H4,26,27,28). The minimum absolute atomic E-state index is 0.0264. The molecule has 2 saturated heterocycles. The zero-order chi connectivity index (χ0) is 24.9. The van der Waals surface area contributed by atoms with Crippen molar-refractivity contribution in [3.63, 3.8) is 0 Å². The Hall–Kier alpha value is -3.99. The lowest BCUT2D eigenvalue weighted by atomic mass is 10.1. The molecule has 11 heteroatoms. The summed E-state index contributed by atoms with van der Waals surface area (Å²) >= 11 is 0. The molecule has 0 bridgehead atoms. The van der Waals surface area contributed by atoms with Crippen LogP contribution >= 0.6 is 0 Å². The molecule has 0 aromatic heterocycles. The van der Waals surface area contributed by atoms with Crippen molar-refractivity contribution in [1.82, 2.24) is 9.80 Å². The Kier molecular flexibility index (Phi) is 7.25. The molecule has 184 valence electrons. The smallest absolute Gasteiger partial charge is 0.331 e. The molecule has 0 aliphatic carbocycles. The first-order valence-corrected chi connectivity index (χ1v) is 11.1. The normalized spacial score (nSPS) is 21.6. The Labute approximate surface area is 201 Å². The third-order valence-electron chi connectivity index (χ3n) is 5.78. The molecule has 2 aliphatic heterocycles. The monoisotopic (exact) mass is 483 g/mol. The highest BCUT2D eigenvalue weighted by Crippen LogP contribution is 2.31. The van der Waals surface area contributed by atoms with Gasteiger partial charge in [-0.2, -0.15) is 0 Å². The summed E-state index contributed by atoms with van der Waals surface area (Å²) < 4.78 is 24.6. The van der Waals surface area contributed by atoms with Gasteiger partial charge in [-0.15, -0.1) is 0 Å². The zero-order valence-corrected chi connectivity index (χ0v) is 18.9. The predicted molar refractivity (Wildman–Crippen MR) is 122 cm³/mol. The maximum absolute atomic E-state index is 13.6. The van der Waals surface area contributed by atoms with Crippen LogP contribution in [0.25, 0.3) is 0 Å². The number of esters is 1. The van der Waals surface area contributed by atoms with Gasteiger partial charge in [-0.3, -0.25) is 24.4 Å². The van der Waals surface area contributed by atoms with E-state index in [1.807, 2.05) is 30.3 Å². The van der Waals surface area contributed by atoms with Crippen molar-refractivity contribution in [2.24, 2.45) is 16.5 Å². The fraction of sp³-hybridized carbons (Fsp3) is 0.333. The first-order valence-electron chi connectivity index (χ1n) is 11.1. The first-order chi connectivity index (χ1) is 16.8. The Balaban J connectivity index is 1.57. The van der Waals surface area contributed by atoms with Crippen molar-refractivity contribution in [2.45, 2.75) is 44.5 Å². The van der Waals surface area contributed by atoms with Gasteiger partial charge in [-0.1, -0.05) is 42.5 Å². The number of nitrogens with two attached hydrogens (primary N) is 2. The summed E-state index contributed by atoms with van der Waals surface area (Å²) in [5, 5.41) is 0. The Morgan fingerprint density at radius 2 is 1.71 bits per heavy atom. The number of rotatable bonds is 9. The van der Waals surface area contributed by atoms with Gasteiger partial charge in [-0.05, 0) is 36.1 Å². The van der Waals surface area contributed by atoms with E-state index >= 15 is 0 Å². The van der Waals surface area contributed by atoms with Crippen LogP contribution in [0, 0.1) is 5.82 Å². The van der Waals surface area contributed by atoms with Crippen molar-refractivity contribution in [3.8, 4) is 0 Å². The number of aliphatic imine (C=N–C) groups is 1. The third kappa shape index (κ3) is 5.40. The summed E-state index contributed by atoms with van der Waals surface area (Å²) in [6.07, 6.45) is -2.06. The van der Waals surface area contributed by atoms with Gasteiger partial charge in [0.05, 0.1) is 6.61 Å².